The Kier molecular flexibility index (Phi) is 5.20. The number of aromatic nitrogens is 2. The summed E-state index contributed by atoms with van der Waals surface area (Å²) in [5.41, 5.74) is 3.74. The fourth-order valence-corrected chi connectivity index (χ4v) is 4.37. The summed E-state index contributed by atoms with van der Waals surface area (Å²) in [6, 6.07) is 19.0. The van der Waals surface area contributed by atoms with E-state index < -0.39 is 0 Å². The SMILES string of the molecule is CN(Cc1cn(-c2ccccc2)nc1-c1cccs1)C(=O)c1ccc2c(c1)NC(=O)CO2. The molecule has 5 rings (SSSR count). The summed E-state index contributed by atoms with van der Waals surface area (Å²) in [6.07, 6.45) is 1.97. The molecular formula is C24H20N4O3S. The van der Waals surface area contributed by atoms with Crippen LogP contribution in [0.4, 0.5) is 5.69 Å². The standard InChI is InChI=1S/C24H20N4O3S/c1-27(24(30)16-9-10-20-19(12-16)25-22(29)15-31-20)13-17-14-28(18-6-3-2-4-7-18)26-23(17)21-8-5-11-32-21/h2-12,14H,13,15H2,1H3,(H,25,29). The van der Waals surface area contributed by atoms with Gasteiger partial charge >= 0.3 is 0 Å². The molecule has 0 spiro atoms. The predicted molar refractivity (Wildman–Crippen MR) is 123 cm³/mol. The van der Waals surface area contributed by atoms with Gasteiger partial charge in [-0.2, -0.15) is 5.10 Å². The number of hydrogen-bond donors (Lipinski definition) is 1. The molecule has 0 bridgehead atoms. The highest BCUT2D eigenvalue weighted by Crippen LogP contribution is 2.31. The Morgan fingerprint density at radius 3 is 2.81 bits per heavy atom. The number of thiophene rings is 1. The van der Waals surface area contributed by atoms with Crippen LogP contribution in [0, 0.1) is 0 Å². The van der Waals surface area contributed by atoms with E-state index in [-0.39, 0.29) is 18.4 Å². The lowest BCUT2D eigenvalue weighted by molar-refractivity contribution is -0.118. The zero-order valence-electron chi connectivity index (χ0n) is 17.3. The number of amides is 2. The van der Waals surface area contributed by atoms with Crippen LogP contribution in [0.5, 0.6) is 5.75 Å². The zero-order chi connectivity index (χ0) is 22.1. The topological polar surface area (TPSA) is 76.5 Å². The highest BCUT2D eigenvalue weighted by Gasteiger charge is 2.21. The van der Waals surface area contributed by atoms with E-state index in [1.807, 2.05) is 58.7 Å². The van der Waals surface area contributed by atoms with E-state index >= 15 is 0 Å². The first-order valence-corrected chi connectivity index (χ1v) is 11.0. The molecule has 7 nitrogen and oxygen atoms in total. The lowest BCUT2D eigenvalue weighted by atomic mass is 10.1. The van der Waals surface area contributed by atoms with Crippen molar-refractivity contribution >= 4 is 28.8 Å². The van der Waals surface area contributed by atoms with Gasteiger partial charge in [0.1, 0.15) is 11.4 Å². The molecule has 8 heteroatoms. The maximum atomic E-state index is 13.1. The molecular weight excluding hydrogens is 424 g/mol. The van der Waals surface area contributed by atoms with Crippen LogP contribution < -0.4 is 10.1 Å². The van der Waals surface area contributed by atoms with Crippen LogP contribution in [0.2, 0.25) is 0 Å². The molecule has 0 unspecified atom stereocenters. The van der Waals surface area contributed by atoms with Gasteiger partial charge in [0.25, 0.3) is 11.8 Å². The Balaban J connectivity index is 1.43. The molecule has 160 valence electrons. The minimum Gasteiger partial charge on any atom is -0.482 e. The number of anilines is 1. The summed E-state index contributed by atoms with van der Waals surface area (Å²) in [6.45, 7) is 0.371. The lowest BCUT2D eigenvalue weighted by Crippen LogP contribution is -2.28. The molecule has 4 aromatic rings. The van der Waals surface area contributed by atoms with Crippen molar-refractivity contribution in [1.82, 2.24) is 14.7 Å². The maximum Gasteiger partial charge on any atom is 0.262 e. The van der Waals surface area contributed by atoms with E-state index in [9.17, 15) is 9.59 Å². The van der Waals surface area contributed by atoms with E-state index in [0.29, 0.717) is 23.5 Å². The van der Waals surface area contributed by atoms with Gasteiger partial charge < -0.3 is 15.0 Å². The number of rotatable bonds is 5. The summed E-state index contributed by atoms with van der Waals surface area (Å²) < 4.78 is 7.22. The molecule has 1 aliphatic rings. The van der Waals surface area contributed by atoms with Gasteiger partial charge in [-0.3, -0.25) is 9.59 Å². The van der Waals surface area contributed by atoms with Crippen molar-refractivity contribution in [3.63, 3.8) is 0 Å². The smallest absolute Gasteiger partial charge is 0.262 e. The van der Waals surface area contributed by atoms with Crippen molar-refractivity contribution in [2.24, 2.45) is 0 Å². The van der Waals surface area contributed by atoms with Crippen LogP contribution in [0.3, 0.4) is 0 Å². The highest BCUT2D eigenvalue weighted by molar-refractivity contribution is 7.13. The van der Waals surface area contributed by atoms with Crippen molar-refractivity contribution < 1.29 is 14.3 Å². The van der Waals surface area contributed by atoms with Gasteiger partial charge in [0.2, 0.25) is 0 Å². The average Bonchev–Trinajstić information content (AvgIpc) is 3.48. The molecule has 1 N–H and O–H groups in total. The van der Waals surface area contributed by atoms with Gasteiger partial charge in [0.05, 0.1) is 16.3 Å². The van der Waals surface area contributed by atoms with Crippen LogP contribution in [-0.4, -0.2) is 40.1 Å². The van der Waals surface area contributed by atoms with Crippen LogP contribution in [0.15, 0.2) is 72.2 Å². The van der Waals surface area contributed by atoms with Crippen LogP contribution in [0.25, 0.3) is 16.3 Å². The van der Waals surface area contributed by atoms with Crippen LogP contribution >= 0.6 is 11.3 Å². The zero-order valence-corrected chi connectivity index (χ0v) is 18.1. The third-order valence-corrected chi connectivity index (χ3v) is 6.06. The quantitative estimate of drug-likeness (QED) is 0.500. The first-order valence-electron chi connectivity index (χ1n) is 10.1. The van der Waals surface area contributed by atoms with Gasteiger partial charge in [-0.15, -0.1) is 11.3 Å². The second-order valence-electron chi connectivity index (χ2n) is 7.47. The molecule has 0 fully saturated rings. The Morgan fingerprint density at radius 1 is 1.19 bits per heavy atom. The number of hydrogen-bond acceptors (Lipinski definition) is 5. The summed E-state index contributed by atoms with van der Waals surface area (Å²) in [7, 11) is 1.76. The molecule has 0 radical (unpaired) electrons. The molecule has 0 saturated carbocycles. The molecule has 2 aromatic carbocycles. The third-order valence-electron chi connectivity index (χ3n) is 5.18. The highest BCUT2D eigenvalue weighted by atomic mass is 32.1. The number of para-hydroxylation sites is 1. The number of carbonyl (C=O) groups is 2. The number of carbonyl (C=O) groups excluding carboxylic acids is 2. The van der Waals surface area contributed by atoms with Gasteiger partial charge in [-0.25, -0.2) is 4.68 Å². The van der Waals surface area contributed by atoms with E-state index in [0.717, 1.165) is 21.8 Å². The number of fused-ring (bicyclic) bond motifs is 1. The Hall–Kier alpha value is -3.91. The van der Waals surface area contributed by atoms with Crippen LogP contribution in [0.1, 0.15) is 15.9 Å². The molecule has 32 heavy (non-hydrogen) atoms. The fraction of sp³-hybridized carbons (Fsp3) is 0.125. The van der Waals surface area contributed by atoms with Crippen molar-refractivity contribution in [1.29, 1.82) is 0 Å². The van der Waals surface area contributed by atoms with Crippen molar-refractivity contribution in [3.8, 4) is 22.0 Å². The molecule has 3 heterocycles. The summed E-state index contributed by atoms with van der Waals surface area (Å²) in [4.78, 5) is 27.4. The van der Waals surface area contributed by atoms with Crippen molar-refractivity contribution in [2.75, 3.05) is 19.0 Å². The minimum absolute atomic E-state index is 0.0168. The third kappa shape index (κ3) is 3.88. The van der Waals surface area contributed by atoms with E-state index in [4.69, 9.17) is 9.84 Å². The molecule has 1 aliphatic heterocycles. The monoisotopic (exact) mass is 444 g/mol. The summed E-state index contributed by atoms with van der Waals surface area (Å²) in [5, 5.41) is 9.56. The second-order valence-corrected chi connectivity index (χ2v) is 8.42. The Morgan fingerprint density at radius 2 is 2.03 bits per heavy atom. The predicted octanol–water partition coefficient (Wildman–Crippen LogP) is 4.20. The van der Waals surface area contributed by atoms with Gasteiger partial charge in [-0.1, -0.05) is 24.3 Å². The van der Waals surface area contributed by atoms with E-state index in [1.165, 1.54) is 0 Å². The van der Waals surface area contributed by atoms with E-state index in [1.54, 1.807) is 41.5 Å². The van der Waals surface area contributed by atoms with Crippen molar-refractivity contribution in [2.45, 2.75) is 6.54 Å². The number of benzene rings is 2. The Bertz CT molecular complexity index is 1280. The Labute approximate surface area is 188 Å². The van der Waals surface area contributed by atoms with Gasteiger partial charge in [0.15, 0.2) is 6.61 Å². The largest absolute Gasteiger partial charge is 0.482 e. The lowest BCUT2D eigenvalue weighted by Gasteiger charge is -2.21. The minimum atomic E-state index is -0.232. The summed E-state index contributed by atoms with van der Waals surface area (Å²) in [5.74, 6) is 0.175. The van der Waals surface area contributed by atoms with E-state index in [2.05, 4.69) is 5.32 Å². The van der Waals surface area contributed by atoms with Crippen molar-refractivity contribution in [3.05, 3.63) is 83.4 Å². The number of nitrogens with one attached hydrogen (secondary N) is 1. The first-order chi connectivity index (χ1) is 15.6. The van der Waals surface area contributed by atoms with Gasteiger partial charge in [0, 0.05) is 30.9 Å². The first kappa shape index (κ1) is 20.0. The fourth-order valence-electron chi connectivity index (χ4n) is 3.62. The number of ether oxygens (including phenoxy) is 1. The average molecular weight is 445 g/mol. The normalized spacial score (nSPS) is 12.6. The maximum absolute atomic E-state index is 13.1. The summed E-state index contributed by atoms with van der Waals surface area (Å²) >= 11 is 1.61. The van der Waals surface area contributed by atoms with Gasteiger partial charge in [-0.05, 0) is 41.8 Å². The second kappa shape index (κ2) is 8.32. The molecule has 0 saturated heterocycles. The molecule has 0 aliphatic carbocycles. The molecule has 0 atom stereocenters. The molecule has 2 aromatic heterocycles. The van der Waals surface area contributed by atoms with Crippen LogP contribution in [-0.2, 0) is 11.3 Å². The molecule has 2 amide bonds. The number of nitrogens with zero attached hydrogens (tertiary/aromatic N) is 3.